The third-order valence-corrected chi connectivity index (χ3v) is 25.5. The number of nitriles is 2. The maximum Gasteiger partial charge on any atom is 0.490 e. The molecule has 6 aromatic rings. The van der Waals surface area contributed by atoms with Crippen molar-refractivity contribution < 1.29 is 85.5 Å². The molecule has 31 nitrogen and oxygen atoms in total. The van der Waals surface area contributed by atoms with Crippen molar-refractivity contribution >= 4 is 181 Å². The van der Waals surface area contributed by atoms with E-state index in [4.69, 9.17) is 102 Å². The average Bonchev–Trinajstić information content (AvgIpc) is 1.65. The molecule has 628 valence electrons. The number of anilines is 4. The summed E-state index contributed by atoms with van der Waals surface area (Å²) >= 11 is 32.3. The van der Waals surface area contributed by atoms with Crippen LogP contribution in [0.2, 0.25) is 20.6 Å². The van der Waals surface area contributed by atoms with Gasteiger partial charge in [-0.15, -0.1) is 11.3 Å². The smallest absolute Gasteiger partial charge is 0.479 e. The van der Waals surface area contributed by atoms with Gasteiger partial charge in [0, 0.05) is 120 Å². The second kappa shape index (κ2) is 39.3. The zero-order chi connectivity index (χ0) is 87.4. The van der Waals surface area contributed by atoms with E-state index < -0.39 is 52.6 Å². The summed E-state index contributed by atoms with van der Waals surface area (Å²) in [6.45, 7) is 24.6. The van der Waals surface area contributed by atoms with Gasteiger partial charge in [0.25, 0.3) is 41.4 Å². The van der Waals surface area contributed by atoms with Crippen LogP contribution >= 0.6 is 108 Å². The Hall–Kier alpha value is -7.68. The number of carboxylic acids is 2. The second-order valence-corrected chi connectivity index (χ2v) is 36.5. The van der Waals surface area contributed by atoms with Crippen molar-refractivity contribution in [1.29, 1.82) is 10.5 Å². The summed E-state index contributed by atoms with van der Waals surface area (Å²) in [6, 6.07) is 12.5. The largest absolute Gasteiger partial charge is 0.490 e. The molecule has 0 unspecified atom stereocenters. The van der Waals surface area contributed by atoms with Crippen LogP contribution in [0.1, 0.15) is 195 Å². The van der Waals surface area contributed by atoms with Gasteiger partial charge in [-0.2, -0.15) is 23.7 Å². The van der Waals surface area contributed by atoms with E-state index in [2.05, 4.69) is 110 Å². The first-order valence-electron chi connectivity index (χ1n) is 34.5. The molecule has 6 aliphatic rings. The second-order valence-electron chi connectivity index (χ2n) is 30.6. The van der Waals surface area contributed by atoms with Crippen LogP contribution in [0.15, 0.2) is 48.5 Å². The fourth-order valence-electron chi connectivity index (χ4n) is 12.2. The topological polar surface area (TPSA) is 489 Å². The van der Waals surface area contributed by atoms with Gasteiger partial charge in [0.1, 0.15) is 31.2 Å². The van der Waals surface area contributed by atoms with E-state index in [-0.39, 0.29) is 101 Å². The highest BCUT2D eigenvalue weighted by molar-refractivity contribution is 9.12. The van der Waals surface area contributed by atoms with Crippen LogP contribution in [0.5, 0.6) is 0 Å². The predicted octanol–water partition coefficient (Wildman–Crippen LogP) is 13.0. The van der Waals surface area contributed by atoms with Gasteiger partial charge in [-0.3, -0.25) is 71.0 Å². The molecule has 4 saturated carbocycles. The monoisotopic (exact) mass is 1820 g/mol. The zero-order valence-corrected chi connectivity index (χ0v) is 73.2. The van der Waals surface area contributed by atoms with Crippen molar-refractivity contribution in [3.8, 4) is 11.2 Å². The van der Waals surface area contributed by atoms with E-state index in [0.717, 1.165) is 24.4 Å². The number of halogens is 8. The molecule has 0 saturated heterocycles. The number of fused-ring (bicyclic) bond motifs is 2. The lowest BCUT2D eigenvalue weighted by molar-refractivity contribution is -0.192. The number of carbonyl (C=O) groups is 9. The SMILES string of the molecule is CC(C)(C)c1sc(N)nc1Cl.COC1(C(=O)Nc2nc(Cl)c(C(C)(C)C)s2)CC(N)C1.COC1(C(=O)Nc2nc(Cl)c(C(C)(C)C)s2)CC(N2C(=O)c3ccccc3C2=O)C1.COC1(C(=O)Nc2nc(Cl)c(C(C)(C)C)s2)CC(NC#N)C1.COC1(C(=O)O)CC(N2C(=O)c3ccccc3C2=O)C1.N#CBr.NN.O=C(O)C(F)(F)F. The van der Waals surface area contributed by atoms with E-state index in [9.17, 15) is 51.5 Å². The van der Waals surface area contributed by atoms with Gasteiger partial charge in [0.2, 0.25) is 0 Å². The Morgan fingerprint density at radius 1 is 0.513 bits per heavy atom. The number of benzene rings is 2. The van der Waals surface area contributed by atoms with Gasteiger partial charge in [-0.05, 0) is 45.9 Å². The summed E-state index contributed by atoms with van der Waals surface area (Å²) in [5.41, 5.74) is 8.30. The molecule has 14 N–H and O–H groups in total. The number of methoxy groups -OCH3 is 4. The quantitative estimate of drug-likeness (QED) is 0.0159. The van der Waals surface area contributed by atoms with E-state index in [1.807, 2.05) is 47.7 Å². The number of ether oxygens (including phenoxy) is 4. The zero-order valence-electron chi connectivity index (χ0n) is 65.3. The Kier molecular flexibility index (Phi) is 33.4. The summed E-state index contributed by atoms with van der Waals surface area (Å²) in [5, 5.41) is 46.8. The lowest BCUT2D eigenvalue weighted by atomic mass is 9.73. The average molecular weight is 1830 g/mol. The van der Waals surface area contributed by atoms with Gasteiger partial charge in [0.15, 0.2) is 43.5 Å². The van der Waals surface area contributed by atoms with E-state index >= 15 is 0 Å². The number of hydrogen-bond acceptors (Lipinski definition) is 28. The van der Waals surface area contributed by atoms with Crippen molar-refractivity contribution in [1.82, 2.24) is 35.1 Å². The summed E-state index contributed by atoms with van der Waals surface area (Å²) in [5.74, 6) is 2.00. The lowest BCUT2D eigenvalue weighted by Crippen LogP contribution is -2.62. The molecule has 12 rings (SSSR count). The first-order valence-corrected chi connectivity index (χ1v) is 40.1. The molecule has 0 bridgehead atoms. The number of nitrogen functional groups attached to an aromatic ring is 1. The highest BCUT2D eigenvalue weighted by Gasteiger charge is 2.59. The molecule has 43 heteroatoms. The number of alkyl halides is 3. The molecule has 7 amide bonds. The molecule has 4 aliphatic carbocycles. The number of nitrogens with one attached hydrogen (secondary N) is 4. The number of aromatic nitrogens is 4. The van der Waals surface area contributed by atoms with E-state index in [1.54, 1.807) is 53.5 Å². The summed E-state index contributed by atoms with van der Waals surface area (Å²) in [6.07, 6.45) is -0.524. The first-order chi connectivity index (χ1) is 53.2. The molecule has 6 heterocycles. The Labute approximate surface area is 706 Å². The van der Waals surface area contributed by atoms with Crippen molar-refractivity contribution in [3.63, 3.8) is 0 Å². The first kappa shape index (κ1) is 97.9. The standard InChI is InChI=1S/C21H22ClN3O4S.C14H19ClN4O2S.C14H13NO5.C13H20ClN3O2S.C7H11ClN2S.C2HF3O2.CBrN.H4N2/c1-20(2,3)14-15(22)23-19(30-14)24-18(28)21(29-4)9-11(10-21)25-16(26)12-7-5-6-8-13(12)17(25)27;1-13(2,3)9-10(15)18-12(22-9)19-11(20)14(21-4)5-8(6-14)17-7-16;1-20-14(13(18)19)6-8(7-14)15-11(16)9-4-2-3-5-10(9)12(15)17;1-12(2,3)8-9(14)16-11(20-8)17-10(18)13(19-4)5-7(15)6-13;1-7(2,3)4-5(8)10-6(9)11-4;3-2(4,5)1(6)7;2-1-3;1-2/h5-8,11H,9-10H2,1-4H3,(H,23,24,28);8,17H,5-6H2,1-4H3,(H,18,19,20);2-5,8H,6-7H2,1H3,(H,18,19);7H,5-6,15H2,1-4H3,(H,16,17,18);1-3H3,(H2,9,10);(H,6,7);;1-2H2. The Morgan fingerprint density at radius 2 is 0.765 bits per heavy atom. The van der Waals surface area contributed by atoms with Crippen LogP contribution in [0.3, 0.4) is 0 Å². The van der Waals surface area contributed by atoms with Gasteiger partial charge in [-0.25, -0.2) is 29.5 Å². The fourth-order valence-corrected chi connectivity index (χ4v) is 17.8. The van der Waals surface area contributed by atoms with Crippen LogP contribution in [-0.4, -0.2) is 174 Å². The lowest BCUT2D eigenvalue weighted by Gasteiger charge is -2.47. The van der Waals surface area contributed by atoms with Crippen LogP contribution in [-0.2, 0) is 64.6 Å². The van der Waals surface area contributed by atoms with Crippen molar-refractivity contribution in [2.45, 2.75) is 209 Å². The number of thiazole rings is 4. The number of carboxylic acid groups (broad SMARTS) is 2. The summed E-state index contributed by atoms with van der Waals surface area (Å²) in [7, 11) is 5.80. The number of amides is 7. The van der Waals surface area contributed by atoms with Gasteiger partial charge < -0.3 is 45.9 Å². The maximum absolute atomic E-state index is 13.0. The predicted molar refractivity (Wildman–Crippen MR) is 436 cm³/mol. The highest BCUT2D eigenvalue weighted by Crippen LogP contribution is 2.47. The third kappa shape index (κ3) is 23.2. The molecule has 0 atom stereocenters. The normalized spacial score (nSPS) is 22.2. The van der Waals surface area contributed by atoms with Gasteiger partial charge in [-0.1, -0.05) is 188 Å². The minimum Gasteiger partial charge on any atom is -0.479 e. The number of carbonyl (C=O) groups excluding carboxylic acids is 7. The molecule has 0 spiro atoms. The Balaban J connectivity index is 0.000000253. The van der Waals surface area contributed by atoms with Crippen molar-refractivity contribution in [2.75, 3.05) is 50.1 Å². The number of rotatable bonds is 14. The van der Waals surface area contributed by atoms with Crippen LogP contribution in [0.25, 0.3) is 0 Å². The third-order valence-electron chi connectivity index (χ3n) is 18.4. The van der Waals surface area contributed by atoms with E-state index in [0.29, 0.717) is 89.1 Å². The molecule has 2 aliphatic heterocycles. The van der Waals surface area contributed by atoms with Crippen LogP contribution in [0, 0.1) is 21.7 Å². The van der Waals surface area contributed by atoms with E-state index in [1.165, 1.54) is 78.7 Å². The summed E-state index contributed by atoms with van der Waals surface area (Å²) < 4.78 is 53.0. The summed E-state index contributed by atoms with van der Waals surface area (Å²) in [4.78, 5) is 132. The number of nitrogens with two attached hydrogens (primary N) is 4. The molecular formula is C72H90BrCl4F3N16O15S4. The molecule has 4 fully saturated rings. The molecule has 4 aromatic heterocycles. The molecule has 115 heavy (non-hydrogen) atoms. The van der Waals surface area contributed by atoms with Crippen LogP contribution < -0.4 is 44.4 Å². The number of hydrogen-bond donors (Lipinski definition) is 10. The molecule has 2 aromatic carbocycles. The maximum atomic E-state index is 13.0. The number of hydrazine groups is 1. The highest BCUT2D eigenvalue weighted by atomic mass is 79.9. The van der Waals surface area contributed by atoms with Crippen molar-refractivity contribution in [3.05, 3.63) is 111 Å². The Morgan fingerprint density at radius 3 is 0.974 bits per heavy atom. The molecule has 0 radical (unpaired) electrons. The number of aliphatic carboxylic acids is 2. The minimum atomic E-state index is -5.08. The fraction of sp³-hybridized carbons (Fsp3) is 0.514. The number of imide groups is 2. The van der Waals surface area contributed by atoms with Crippen molar-refractivity contribution in [2.24, 2.45) is 17.4 Å². The number of nitrogens with zero attached hydrogens (tertiary/aromatic N) is 8. The van der Waals surface area contributed by atoms with Gasteiger partial charge >= 0.3 is 18.1 Å². The minimum absolute atomic E-state index is 0.0192. The van der Waals surface area contributed by atoms with Crippen LogP contribution in [0.4, 0.5) is 33.7 Å². The Bertz CT molecular complexity index is 4570. The molecular weight excluding hydrogens is 1740 g/mol. The van der Waals surface area contributed by atoms with Gasteiger partial charge in [0.05, 0.1) is 41.8 Å².